The Kier molecular flexibility index (Phi) is 5.82. The number of ether oxygens (including phenoxy) is 1. The van der Waals surface area contributed by atoms with Crippen LogP contribution < -0.4 is 10.1 Å². The lowest BCUT2D eigenvalue weighted by atomic mass is 9.91. The maximum atomic E-state index is 12.4. The minimum atomic E-state index is -0.803. The van der Waals surface area contributed by atoms with E-state index >= 15 is 0 Å². The van der Waals surface area contributed by atoms with Gasteiger partial charge in [0.15, 0.2) is 0 Å². The fourth-order valence-corrected chi connectivity index (χ4v) is 3.43. The Bertz CT molecular complexity index is 794. The Morgan fingerprint density at radius 1 is 1.15 bits per heavy atom. The molecule has 2 aromatic carbocycles. The Balaban J connectivity index is 1.63. The molecule has 1 saturated heterocycles. The van der Waals surface area contributed by atoms with E-state index in [1.54, 1.807) is 7.11 Å². The normalized spacial score (nSPS) is 16.7. The first kappa shape index (κ1) is 19.4. The van der Waals surface area contributed by atoms with Crippen LogP contribution in [0.25, 0.3) is 11.1 Å². The molecule has 2 N–H and O–H groups in total. The van der Waals surface area contributed by atoms with Gasteiger partial charge in [0.2, 0.25) is 0 Å². The number of likely N-dealkylation sites (tertiary alicyclic amines) is 1. The van der Waals surface area contributed by atoms with Crippen molar-refractivity contribution < 1.29 is 14.6 Å². The lowest BCUT2D eigenvalue weighted by Gasteiger charge is -2.36. The van der Waals surface area contributed by atoms with Gasteiger partial charge in [0.1, 0.15) is 5.75 Å². The third kappa shape index (κ3) is 4.67. The van der Waals surface area contributed by atoms with E-state index in [1.165, 1.54) is 0 Å². The van der Waals surface area contributed by atoms with E-state index in [2.05, 4.69) is 16.3 Å². The van der Waals surface area contributed by atoms with E-state index < -0.39 is 5.60 Å². The number of amides is 1. The van der Waals surface area contributed by atoms with Crippen molar-refractivity contribution in [2.75, 3.05) is 33.8 Å². The maximum Gasteiger partial charge on any atom is 0.251 e. The summed E-state index contributed by atoms with van der Waals surface area (Å²) in [5.74, 6) is 0.710. The second-order valence-electron chi connectivity index (χ2n) is 7.47. The van der Waals surface area contributed by atoms with Gasteiger partial charge in [-0.3, -0.25) is 4.79 Å². The van der Waals surface area contributed by atoms with E-state index in [1.807, 2.05) is 50.4 Å². The van der Waals surface area contributed by atoms with Crippen LogP contribution >= 0.6 is 0 Å². The first-order chi connectivity index (χ1) is 12.9. The van der Waals surface area contributed by atoms with Crippen LogP contribution in [0.15, 0.2) is 42.5 Å². The molecule has 5 heteroatoms. The number of hydrogen-bond donors (Lipinski definition) is 2. The van der Waals surface area contributed by atoms with Crippen LogP contribution in [0.5, 0.6) is 5.75 Å². The van der Waals surface area contributed by atoms with Crippen molar-refractivity contribution in [2.45, 2.75) is 25.4 Å². The van der Waals surface area contributed by atoms with E-state index in [4.69, 9.17) is 4.74 Å². The van der Waals surface area contributed by atoms with Crippen LogP contribution in [-0.2, 0) is 0 Å². The number of aliphatic hydroxyl groups is 1. The molecule has 0 radical (unpaired) electrons. The average Bonchev–Trinajstić information content (AvgIpc) is 2.69. The summed E-state index contributed by atoms with van der Waals surface area (Å²) < 4.78 is 5.30. The highest BCUT2D eigenvalue weighted by Crippen LogP contribution is 2.26. The molecule has 0 atom stereocenters. The van der Waals surface area contributed by atoms with E-state index in [0.29, 0.717) is 24.9 Å². The largest absolute Gasteiger partial charge is 0.496 e. The number of rotatable bonds is 5. The highest BCUT2D eigenvalue weighted by Gasteiger charge is 2.31. The Morgan fingerprint density at radius 2 is 1.78 bits per heavy atom. The van der Waals surface area contributed by atoms with Gasteiger partial charge in [-0.25, -0.2) is 0 Å². The number of piperidine rings is 1. The molecule has 0 spiro atoms. The van der Waals surface area contributed by atoms with E-state index in [9.17, 15) is 9.90 Å². The van der Waals surface area contributed by atoms with Crippen LogP contribution in [0.1, 0.15) is 28.8 Å². The van der Waals surface area contributed by atoms with Crippen molar-refractivity contribution in [3.8, 4) is 16.9 Å². The lowest BCUT2D eigenvalue weighted by molar-refractivity contribution is -0.0135. The number of aryl methyl sites for hydroxylation is 1. The fourth-order valence-electron chi connectivity index (χ4n) is 3.43. The average molecular weight is 368 g/mol. The number of hydrogen-bond acceptors (Lipinski definition) is 4. The minimum Gasteiger partial charge on any atom is -0.496 e. The number of nitrogens with one attached hydrogen (secondary N) is 1. The molecule has 0 aromatic heterocycles. The second kappa shape index (κ2) is 8.11. The molecular weight excluding hydrogens is 340 g/mol. The smallest absolute Gasteiger partial charge is 0.251 e. The number of nitrogens with zero attached hydrogens (tertiary/aromatic N) is 1. The van der Waals surface area contributed by atoms with Crippen molar-refractivity contribution >= 4 is 5.91 Å². The van der Waals surface area contributed by atoms with Gasteiger partial charge in [-0.2, -0.15) is 0 Å². The van der Waals surface area contributed by atoms with Crippen LogP contribution in [0.4, 0.5) is 0 Å². The highest BCUT2D eigenvalue weighted by atomic mass is 16.5. The highest BCUT2D eigenvalue weighted by molar-refractivity contribution is 5.94. The lowest BCUT2D eigenvalue weighted by Crippen LogP contribution is -2.50. The van der Waals surface area contributed by atoms with Gasteiger partial charge in [0.05, 0.1) is 12.7 Å². The summed E-state index contributed by atoms with van der Waals surface area (Å²) in [5, 5.41) is 13.5. The zero-order chi connectivity index (χ0) is 19.4. The molecule has 2 aromatic rings. The zero-order valence-corrected chi connectivity index (χ0v) is 16.3. The molecule has 3 rings (SSSR count). The van der Waals surface area contributed by atoms with Crippen LogP contribution in [0.2, 0.25) is 0 Å². The summed E-state index contributed by atoms with van der Waals surface area (Å²) in [6.45, 7) is 4.00. The Labute approximate surface area is 161 Å². The van der Waals surface area contributed by atoms with Crippen molar-refractivity contribution in [1.82, 2.24) is 10.2 Å². The Morgan fingerprint density at radius 3 is 2.37 bits per heavy atom. The molecule has 1 aliphatic rings. The third-order valence-corrected chi connectivity index (χ3v) is 5.37. The van der Waals surface area contributed by atoms with Gasteiger partial charge in [-0.1, -0.05) is 18.2 Å². The van der Waals surface area contributed by atoms with Gasteiger partial charge in [-0.05, 0) is 67.8 Å². The predicted molar refractivity (Wildman–Crippen MR) is 107 cm³/mol. The van der Waals surface area contributed by atoms with E-state index in [0.717, 1.165) is 35.5 Å². The Hall–Kier alpha value is -2.37. The standard InChI is InChI=1S/C22H28N2O3/c1-16-14-19(8-9-20(16)27-3)17-4-6-18(7-5-17)21(25)23-15-22(26)10-12-24(2)13-11-22/h4-9,14,26H,10-13,15H2,1-3H3,(H,23,25). The number of methoxy groups -OCH3 is 1. The summed E-state index contributed by atoms with van der Waals surface area (Å²) in [7, 11) is 3.71. The molecule has 1 heterocycles. The fraction of sp³-hybridized carbons (Fsp3) is 0.409. The summed E-state index contributed by atoms with van der Waals surface area (Å²) in [5.41, 5.74) is 3.00. The number of benzene rings is 2. The molecule has 1 fully saturated rings. The first-order valence-electron chi connectivity index (χ1n) is 9.34. The third-order valence-electron chi connectivity index (χ3n) is 5.37. The van der Waals surface area contributed by atoms with Crippen molar-refractivity contribution in [2.24, 2.45) is 0 Å². The number of carbonyl (C=O) groups excluding carboxylic acids is 1. The van der Waals surface area contributed by atoms with Crippen molar-refractivity contribution in [3.05, 3.63) is 53.6 Å². The molecule has 5 nitrogen and oxygen atoms in total. The molecule has 0 bridgehead atoms. The summed E-state index contributed by atoms with van der Waals surface area (Å²) in [4.78, 5) is 14.6. The summed E-state index contributed by atoms with van der Waals surface area (Å²) >= 11 is 0. The van der Waals surface area contributed by atoms with Crippen molar-refractivity contribution in [3.63, 3.8) is 0 Å². The first-order valence-corrected chi connectivity index (χ1v) is 9.34. The zero-order valence-electron chi connectivity index (χ0n) is 16.3. The van der Waals surface area contributed by atoms with Crippen LogP contribution in [0, 0.1) is 6.92 Å². The monoisotopic (exact) mass is 368 g/mol. The molecule has 0 saturated carbocycles. The minimum absolute atomic E-state index is 0.153. The molecule has 144 valence electrons. The van der Waals surface area contributed by atoms with Crippen LogP contribution in [-0.4, -0.2) is 55.3 Å². The van der Waals surface area contributed by atoms with Gasteiger partial charge >= 0.3 is 0 Å². The summed E-state index contributed by atoms with van der Waals surface area (Å²) in [6, 6.07) is 13.6. The second-order valence-corrected chi connectivity index (χ2v) is 7.47. The maximum absolute atomic E-state index is 12.4. The van der Waals surface area contributed by atoms with Gasteiger partial charge in [-0.15, -0.1) is 0 Å². The quantitative estimate of drug-likeness (QED) is 0.852. The molecule has 1 amide bonds. The topological polar surface area (TPSA) is 61.8 Å². The van der Waals surface area contributed by atoms with Gasteiger partial charge < -0.3 is 20.1 Å². The van der Waals surface area contributed by atoms with Crippen LogP contribution in [0.3, 0.4) is 0 Å². The number of carbonyl (C=O) groups is 1. The molecule has 0 aliphatic carbocycles. The van der Waals surface area contributed by atoms with Gasteiger partial charge in [0, 0.05) is 25.2 Å². The molecular formula is C22H28N2O3. The summed E-state index contributed by atoms with van der Waals surface area (Å²) in [6.07, 6.45) is 1.36. The van der Waals surface area contributed by atoms with Crippen molar-refractivity contribution in [1.29, 1.82) is 0 Å². The van der Waals surface area contributed by atoms with Gasteiger partial charge in [0.25, 0.3) is 5.91 Å². The van der Waals surface area contributed by atoms with E-state index in [-0.39, 0.29) is 5.91 Å². The predicted octanol–water partition coefficient (Wildman–Crippen LogP) is 2.86. The SMILES string of the molecule is COc1ccc(-c2ccc(C(=O)NCC3(O)CCN(C)CC3)cc2)cc1C. The molecule has 1 aliphatic heterocycles. The molecule has 27 heavy (non-hydrogen) atoms. The molecule has 0 unspecified atom stereocenters.